The lowest BCUT2D eigenvalue weighted by molar-refractivity contribution is 0.374. The van der Waals surface area contributed by atoms with Gasteiger partial charge in [-0.05, 0) is 31.4 Å². The van der Waals surface area contributed by atoms with Crippen LogP contribution in [0.2, 0.25) is 0 Å². The average Bonchev–Trinajstić information content (AvgIpc) is 3.14. The Labute approximate surface area is 149 Å². The summed E-state index contributed by atoms with van der Waals surface area (Å²) >= 11 is 0. The molecule has 134 valence electrons. The molecule has 1 fully saturated rings. The summed E-state index contributed by atoms with van der Waals surface area (Å²) in [6.07, 6.45) is 3.20. The fraction of sp³-hybridized carbons (Fsp3) is 0.474. The van der Waals surface area contributed by atoms with Crippen LogP contribution in [-0.4, -0.2) is 37.3 Å². The van der Waals surface area contributed by atoms with Gasteiger partial charge in [-0.1, -0.05) is 30.3 Å². The number of hydrogen-bond donors (Lipinski definition) is 2. The van der Waals surface area contributed by atoms with Crippen molar-refractivity contribution in [1.82, 2.24) is 15.8 Å². The number of para-hydroxylation sites is 1. The van der Waals surface area contributed by atoms with Crippen LogP contribution < -0.4 is 15.5 Å². The van der Waals surface area contributed by atoms with E-state index in [1.165, 1.54) is 12.1 Å². The number of anilines is 1. The first kappa shape index (κ1) is 17.3. The Kier molecular flexibility index (Phi) is 5.93. The molecule has 25 heavy (non-hydrogen) atoms. The second-order valence-corrected chi connectivity index (χ2v) is 6.33. The molecule has 1 atom stereocenters. The van der Waals surface area contributed by atoms with Crippen LogP contribution >= 0.6 is 0 Å². The largest absolute Gasteiger partial charge is 0.369 e. The summed E-state index contributed by atoms with van der Waals surface area (Å²) in [4.78, 5) is 6.76. The zero-order chi connectivity index (χ0) is 17.5. The molecule has 0 saturated carbocycles. The molecule has 1 aliphatic rings. The molecule has 0 aliphatic carbocycles. The van der Waals surface area contributed by atoms with E-state index < -0.39 is 0 Å². The zero-order valence-corrected chi connectivity index (χ0v) is 15.0. The number of aromatic nitrogens is 1. The third-order valence-electron chi connectivity index (χ3n) is 4.51. The minimum absolute atomic E-state index is 0.376. The molecule has 0 radical (unpaired) electrons. The van der Waals surface area contributed by atoms with Gasteiger partial charge in [-0.2, -0.15) is 0 Å². The maximum atomic E-state index is 5.31. The summed E-state index contributed by atoms with van der Waals surface area (Å²) in [5.74, 6) is 1.63. The second kappa shape index (κ2) is 8.55. The Hall–Kier alpha value is -2.50. The van der Waals surface area contributed by atoms with Gasteiger partial charge in [0.15, 0.2) is 11.7 Å². The summed E-state index contributed by atoms with van der Waals surface area (Å²) in [6.45, 7) is 4.73. The Morgan fingerprint density at radius 1 is 1.36 bits per heavy atom. The first-order chi connectivity index (χ1) is 12.3. The predicted molar refractivity (Wildman–Crippen MR) is 101 cm³/mol. The summed E-state index contributed by atoms with van der Waals surface area (Å²) < 4.78 is 5.31. The number of nitrogens with one attached hydrogen (secondary N) is 2. The number of rotatable bonds is 5. The van der Waals surface area contributed by atoms with E-state index in [4.69, 9.17) is 4.52 Å². The van der Waals surface area contributed by atoms with Gasteiger partial charge in [0.25, 0.3) is 0 Å². The third kappa shape index (κ3) is 4.75. The van der Waals surface area contributed by atoms with Crippen LogP contribution in [0.15, 0.2) is 45.9 Å². The topological polar surface area (TPSA) is 65.7 Å². The molecule has 0 bridgehead atoms. The average molecular weight is 341 g/mol. The van der Waals surface area contributed by atoms with E-state index in [0.717, 1.165) is 43.3 Å². The molecule has 1 saturated heterocycles. The Balaban J connectivity index is 1.52. The summed E-state index contributed by atoms with van der Waals surface area (Å²) in [6, 6.07) is 12.9. The molecule has 1 aromatic carbocycles. The number of aryl methyl sites for hydroxylation is 1. The van der Waals surface area contributed by atoms with E-state index in [1.54, 1.807) is 7.05 Å². The first-order valence-corrected chi connectivity index (χ1v) is 9.00. The number of nitrogens with zero attached hydrogens (tertiary/aromatic N) is 3. The number of aliphatic imine (C=N–C) groups is 1. The van der Waals surface area contributed by atoms with Crippen molar-refractivity contribution in [2.45, 2.75) is 38.8 Å². The highest BCUT2D eigenvalue weighted by Crippen LogP contribution is 2.19. The minimum atomic E-state index is 0.376. The van der Waals surface area contributed by atoms with Crippen molar-refractivity contribution in [3.63, 3.8) is 0 Å². The molecule has 1 unspecified atom stereocenters. The fourth-order valence-corrected chi connectivity index (χ4v) is 3.13. The van der Waals surface area contributed by atoms with Crippen molar-refractivity contribution >= 4 is 11.6 Å². The van der Waals surface area contributed by atoms with Gasteiger partial charge >= 0.3 is 0 Å². The van der Waals surface area contributed by atoms with Gasteiger partial charge in [0, 0.05) is 37.9 Å². The number of hydrogen-bond acceptors (Lipinski definition) is 4. The summed E-state index contributed by atoms with van der Waals surface area (Å²) in [5.41, 5.74) is 2.26. The maximum absolute atomic E-state index is 5.31. The van der Waals surface area contributed by atoms with Crippen LogP contribution in [0.4, 0.5) is 5.69 Å². The quantitative estimate of drug-likeness (QED) is 0.646. The minimum Gasteiger partial charge on any atom is -0.369 e. The third-order valence-corrected chi connectivity index (χ3v) is 4.51. The molecule has 1 aromatic heterocycles. The van der Waals surface area contributed by atoms with Crippen molar-refractivity contribution in [3.05, 3.63) is 47.9 Å². The van der Waals surface area contributed by atoms with Crippen LogP contribution in [0, 0.1) is 0 Å². The van der Waals surface area contributed by atoms with Crippen molar-refractivity contribution < 1.29 is 4.52 Å². The van der Waals surface area contributed by atoms with E-state index in [0.29, 0.717) is 12.6 Å². The molecule has 0 spiro atoms. The van der Waals surface area contributed by atoms with Gasteiger partial charge in [0.05, 0.1) is 12.2 Å². The van der Waals surface area contributed by atoms with E-state index in [-0.39, 0.29) is 0 Å². The van der Waals surface area contributed by atoms with Crippen LogP contribution in [-0.2, 0) is 13.0 Å². The van der Waals surface area contributed by atoms with Gasteiger partial charge < -0.3 is 20.1 Å². The van der Waals surface area contributed by atoms with E-state index in [9.17, 15) is 0 Å². The summed E-state index contributed by atoms with van der Waals surface area (Å²) in [7, 11) is 1.80. The van der Waals surface area contributed by atoms with E-state index in [1.807, 2.05) is 6.07 Å². The van der Waals surface area contributed by atoms with Crippen molar-refractivity contribution in [1.29, 1.82) is 0 Å². The van der Waals surface area contributed by atoms with Crippen LogP contribution in [0.1, 0.15) is 31.2 Å². The molecule has 6 heteroatoms. The molecule has 0 amide bonds. The van der Waals surface area contributed by atoms with Gasteiger partial charge in [0.2, 0.25) is 0 Å². The van der Waals surface area contributed by atoms with Crippen LogP contribution in [0.25, 0.3) is 0 Å². The second-order valence-electron chi connectivity index (χ2n) is 6.33. The highest BCUT2D eigenvalue weighted by Gasteiger charge is 2.21. The monoisotopic (exact) mass is 341 g/mol. The van der Waals surface area contributed by atoms with Gasteiger partial charge in [-0.15, -0.1) is 0 Å². The number of guanidine groups is 1. The molecule has 6 nitrogen and oxygen atoms in total. The van der Waals surface area contributed by atoms with Gasteiger partial charge in [0.1, 0.15) is 0 Å². The maximum Gasteiger partial charge on any atom is 0.191 e. The van der Waals surface area contributed by atoms with Crippen molar-refractivity contribution in [2.75, 3.05) is 25.0 Å². The van der Waals surface area contributed by atoms with Crippen LogP contribution in [0.5, 0.6) is 0 Å². The van der Waals surface area contributed by atoms with Crippen molar-refractivity contribution in [2.24, 2.45) is 4.99 Å². The first-order valence-electron chi connectivity index (χ1n) is 9.00. The van der Waals surface area contributed by atoms with Gasteiger partial charge in [-0.25, -0.2) is 0 Å². The Morgan fingerprint density at radius 3 is 2.92 bits per heavy atom. The lowest BCUT2D eigenvalue weighted by Crippen LogP contribution is -2.51. The van der Waals surface area contributed by atoms with Gasteiger partial charge in [-0.3, -0.25) is 4.99 Å². The predicted octanol–water partition coefficient (Wildman–Crippen LogP) is 2.57. The highest BCUT2D eigenvalue weighted by molar-refractivity contribution is 5.80. The lowest BCUT2D eigenvalue weighted by Gasteiger charge is -2.35. The smallest absolute Gasteiger partial charge is 0.191 e. The molecule has 2 heterocycles. The highest BCUT2D eigenvalue weighted by atomic mass is 16.5. The van der Waals surface area contributed by atoms with E-state index in [2.05, 4.69) is 62.9 Å². The molecule has 3 rings (SSSR count). The molecular weight excluding hydrogens is 314 g/mol. The fourth-order valence-electron chi connectivity index (χ4n) is 3.13. The molecular formula is C19H27N5O. The number of piperidine rings is 1. The van der Waals surface area contributed by atoms with Crippen molar-refractivity contribution in [3.8, 4) is 0 Å². The lowest BCUT2D eigenvalue weighted by atomic mass is 10.1. The standard InChI is InChI=1S/C19H27N5O/c1-3-15-12-18(25-23-15)13-21-19(20-2)22-16-8-7-11-24(14-16)17-9-5-4-6-10-17/h4-6,9-10,12,16H,3,7-8,11,13-14H2,1-2H3,(H2,20,21,22). The molecule has 1 aliphatic heterocycles. The summed E-state index contributed by atoms with van der Waals surface area (Å²) in [5, 5.41) is 10.9. The zero-order valence-electron chi connectivity index (χ0n) is 15.0. The SMILES string of the molecule is CCc1cc(CNC(=NC)NC2CCCN(c3ccccc3)C2)on1. The molecule has 2 aromatic rings. The number of benzene rings is 1. The Morgan fingerprint density at radius 2 is 2.20 bits per heavy atom. The Bertz CT molecular complexity index is 682. The van der Waals surface area contributed by atoms with Crippen LogP contribution in [0.3, 0.4) is 0 Å². The normalized spacial score (nSPS) is 18.2. The molecule has 2 N–H and O–H groups in total. The van der Waals surface area contributed by atoms with E-state index >= 15 is 0 Å².